The number of nitrogens with zero attached hydrogens (tertiary/aromatic N) is 2. The fourth-order valence-electron chi connectivity index (χ4n) is 3.30. The average Bonchev–Trinajstić information content (AvgIpc) is 2.67. The van der Waals surface area contributed by atoms with Gasteiger partial charge in [-0.2, -0.15) is 0 Å². The van der Waals surface area contributed by atoms with Gasteiger partial charge in [-0.05, 0) is 25.7 Å². The van der Waals surface area contributed by atoms with Crippen molar-refractivity contribution in [3.63, 3.8) is 0 Å². The van der Waals surface area contributed by atoms with Crippen LogP contribution in [0.3, 0.4) is 0 Å². The summed E-state index contributed by atoms with van der Waals surface area (Å²) in [5.41, 5.74) is 0. The highest BCUT2D eigenvalue weighted by Crippen LogP contribution is 2.20. The van der Waals surface area contributed by atoms with Gasteiger partial charge in [0.25, 0.3) is 0 Å². The summed E-state index contributed by atoms with van der Waals surface area (Å²) in [6.07, 6.45) is 10.5. The first-order chi connectivity index (χ1) is 9.16. The third-order valence-corrected chi connectivity index (χ3v) is 4.47. The second kappa shape index (κ2) is 7.13. The average molecular weight is 267 g/mol. The number of amides is 2. The number of carbonyl (C=O) groups excluding carboxylic acids is 1. The van der Waals surface area contributed by atoms with Gasteiger partial charge in [0.1, 0.15) is 0 Å². The number of carbonyl (C=O) groups is 1. The van der Waals surface area contributed by atoms with Crippen LogP contribution in [0.1, 0.15) is 51.4 Å². The summed E-state index contributed by atoms with van der Waals surface area (Å²) < 4.78 is 0. The monoisotopic (exact) mass is 267 g/mol. The minimum Gasteiger partial charge on any atom is -0.331 e. The zero-order valence-corrected chi connectivity index (χ0v) is 12.5. The van der Waals surface area contributed by atoms with Crippen LogP contribution in [-0.2, 0) is 0 Å². The van der Waals surface area contributed by atoms with E-state index < -0.39 is 0 Å². The second-order valence-electron chi connectivity index (χ2n) is 6.29. The van der Waals surface area contributed by atoms with Crippen molar-refractivity contribution in [1.82, 2.24) is 15.1 Å². The molecule has 0 radical (unpaired) electrons. The minimum absolute atomic E-state index is 0.160. The molecule has 0 aromatic heterocycles. The lowest BCUT2D eigenvalue weighted by Gasteiger charge is -2.35. The Kier molecular flexibility index (Phi) is 5.49. The van der Waals surface area contributed by atoms with Gasteiger partial charge in [-0.25, -0.2) is 4.79 Å². The molecule has 4 nitrogen and oxygen atoms in total. The molecular weight excluding hydrogens is 238 g/mol. The minimum atomic E-state index is 0.160. The molecule has 2 fully saturated rings. The first kappa shape index (κ1) is 14.6. The van der Waals surface area contributed by atoms with E-state index in [-0.39, 0.29) is 6.03 Å². The van der Waals surface area contributed by atoms with Crippen molar-refractivity contribution in [2.24, 2.45) is 0 Å². The Morgan fingerprint density at radius 2 is 1.47 bits per heavy atom. The Morgan fingerprint density at radius 3 is 2.00 bits per heavy atom. The van der Waals surface area contributed by atoms with E-state index >= 15 is 0 Å². The molecule has 0 atom stereocenters. The molecule has 0 unspecified atom stereocenters. The summed E-state index contributed by atoms with van der Waals surface area (Å²) in [5, 5.41) is 3.83. The van der Waals surface area contributed by atoms with Gasteiger partial charge in [0.2, 0.25) is 0 Å². The van der Waals surface area contributed by atoms with Gasteiger partial charge in [-0.15, -0.1) is 0 Å². The van der Waals surface area contributed by atoms with E-state index in [9.17, 15) is 4.79 Å². The van der Waals surface area contributed by atoms with Crippen LogP contribution in [0.4, 0.5) is 4.79 Å². The molecule has 2 aliphatic rings. The lowest BCUT2D eigenvalue weighted by Crippen LogP contribution is -2.49. The molecule has 1 aliphatic carbocycles. The van der Waals surface area contributed by atoms with E-state index in [1.807, 2.05) is 19.0 Å². The molecule has 110 valence electrons. The number of nitrogens with one attached hydrogen (secondary N) is 1. The summed E-state index contributed by atoms with van der Waals surface area (Å²) in [6.45, 7) is 1.81. The maximum absolute atomic E-state index is 11.9. The predicted octanol–water partition coefficient (Wildman–Crippen LogP) is 2.44. The highest BCUT2D eigenvalue weighted by Gasteiger charge is 2.25. The van der Waals surface area contributed by atoms with Crippen molar-refractivity contribution in [1.29, 1.82) is 0 Å². The van der Waals surface area contributed by atoms with Crippen LogP contribution in [-0.4, -0.2) is 55.1 Å². The molecular formula is C15H29N3O. The van der Waals surface area contributed by atoms with E-state index in [1.165, 1.54) is 38.5 Å². The number of urea groups is 1. The largest absolute Gasteiger partial charge is 0.331 e. The molecule has 2 rings (SSSR count). The number of rotatable bonds is 2. The fourth-order valence-corrected chi connectivity index (χ4v) is 3.30. The standard InChI is InChI=1S/C15H29N3O/c1-17(2)15(19)18-11-9-14(10-12-18)16-13-7-5-3-4-6-8-13/h13-14,16H,3-12H2,1-2H3. The van der Waals surface area contributed by atoms with Crippen LogP contribution in [0.5, 0.6) is 0 Å². The van der Waals surface area contributed by atoms with Crippen LogP contribution < -0.4 is 5.32 Å². The van der Waals surface area contributed by atoms with Crippen molar-refractivity contribution in [2.75, 3.05) is 27.2 Å². The number of hydrogen-bond donors (Lipinski definition) is 1. The molecule has 1 saturated carbocycles. The maximum atomic E-state index is 11.9. The third kappa shape index (κ3) is 4.37. The highest BCUT2D eigenvalue weighted by molar-refractivity contribution is 5.73. The Balaban J connectivity index is 1.72. The Labute approximate surface area is 117 Å². The van der Waals surface area contributed by atoms with Crippen LogP contribution in [0, 0.1) is 0 Å². The molecule has 1 saturated heterocycles. The summed E-state index contributed by atoms with van der Waals surface area (Å²) in [5.74, 6) is 0. The highest BCUT2D eigenvalue weighted by atomic mass is 16.2. The lowest BCUT2D eigenvalue weighted by atomic mass is 10.0. The van der Waals surface area contributed by atoms with Gasteiger partial charge >= 0.3 is 6.03 Å². The van der Waals surface area contributed by atoms with Gasteiger partial charge < -0.3 is 15.1 Å². The van der Waals surface area contributed by atoms with E-state index in [1.54, 1.807) is 4.90 Å². The molecule has 1 aliphatic heterocycles. The molecule has 0 spiro atoms. The van der Waals surface area contributed by atoms with E-state index in [0.29, 0.717) is 6.04 Å². The molecule has 1 heterocycles. The van der Waals surface area contributed by atoms with E-state index in [2.05, 4.69) is 5.32 Å². The van der Waals surface area contributed by atoms with Gasteiger partial charge in [0.05, 0.1) is 0 Å². The molecule has 0 aromatic carbocycles. The molecule has 2 amide bonds. The Morgan fingerprint density at radius 1 is 0.947 bits per heavy atom. The quantitative estimate of drug-likeness (QED) is 0.780. The first-order valence-corrected chi connectivity index (χ1v) is 7.89. The maximum Gasteiger partial charge on any atom is 0.319 e. The first-order valence-electron chi connectivity index (χ1n) is 7.89. The van der Waals surface area contributed by atoms with Crippen molar-refractivity contribution in [3.8, 4) is 0 Å². The third-order valence-electron chi connectivity index (χ3n) is 4.47. The van der Waals surface area contributed by atoms with Crippen LogP contribution in [0.25, 0.3) is 0 Å². The predicted molar refractivity (Wildman–Crippen MR) is 78.3 cm³/mol. The van der Waals surface area contributed by atoms with Crippen molar-refractivity contribution < 1.29 is 4.79 Å². The molecule has 4 heteroatoms. The number of piperidine rings is 1. The van der Waals surface area contributed by atoms with Crippen LogP contribution >= 0.6 is 0 Å². The van der Waals surface area contributed by atoms with Crippen molar-refractivity contribution in [3.05, 3.63) is 0 Å². The molecule has 1 N–H and O–H groups in total. The zero-order chi connectivity index (χ0) is 13.7. The van der Waals surface area contributed by atoms with Crippen molar-refractivity contribution >= 4 is 6.03 Å². The van der Waals surface area contributed by atoms with E-state index in [0.717, 1.165) is 32.0 Å². The second-order valence-corrected chi connectivity index (χ2v) is 6.29. The Bertz CT molecular complexity index is 277. The topological polar surface area (TPSA) is 35.6 Å². The smallest absolute Gasteiger partial charge is 0.319 e. The molecule has 0 bridgehead atoms. The van der Waals surface area contributed by atoms with E-state index in [4.69, 9.17) is 0 Å². The summed E-state index contributed by atoms with van der Waals surface area (Å²) in [6, 6.07) is 1.51. The van der Waals surface area contributed by atoms with Gasteiger partial charge in [0.15, 0.2) is 0 Å². The molecule has 19 heavy (non-hydrogen) atoms. The van der Waals surface area contributed by atoms with Gasteiger partial charge in [-0.1, -0.05) is 25.7 Å². The molecule has 0 aromatic rings. The number of likely N-dealkylation sites (tertiary alicyclic amines) is 1. The fraction of sp³-hybridized carbons (Fsp3) is 0.933. The van der Waals surface area contributed by atoms with Gasteiger partial charge in [0, 0.05) is 39.3 Å². The van der Waals surface area contributed by atoms with Crippen LogP contribution in [0.2, 0.25) is 0 Å². The lowest BCUT2D eigenvalue weighted by molar-refractivity contribution is 0.150. The summed E-state index contributed by atoms with van der Waals surface area (Å²) >= 11 is 0. The van der Waals surface area contributed by atoms with Gasteiger partial charge in [-0.3, -0.25) is 0 Å². The van der Waals surface area contributed by atoms with Crippen LogP contribution in [0.15, 0.2) is 0 Å². The SMILES string of the molecule is CN(C)C(=O)N1CCC(NC2CCCCCC2)CC1. The summed E-state index contributed by atoms with van der Waals surface area (Å²) in [4.78, 5) is 15.5. The normalized spacial score (nSPS) is 23.2. The summed E-state index contributed by atoms with van der Waals surface area (Å²) in [7, 11) is 3.66. The Hall–Kier alpha value is -0.770. The number of hydrogen-bond acceptors (Lipinski definition) is 2. The zero-order valence-electron chi connectivity index (χ0n) is 12.5. The van der Waals surface area contributed by atoms with Crippen molar-refractivity contribution in [2.45, 2.75) is 63.5 Å².